The molecule has 0 aliphatic carbocycles. The van der Waals surface area contributed by atoms with Gasteiger partial charge in [-0.25, -0.2) is 0 Å². The Morgan fingerprint density at radius 3 is 1.24 bits per heavy atom. The monoisotopic (exact) mass is 384 g/mol. The number of rotatable bonds is 1. The fourth-order valence-corrected chi connectivity index (χ4v) is 0.589. The van der Waals surface area contributed by atoms with E-state index in [1.807, 2.05) is 36.4 Å². The van der Waals surface area contributed by atoms with E-state index in [1.54, 1.807) is 0 Å². The Labute approximate surface area is 136 Å². The Morgan fingerprint density at radius 1 is 0.857 bits per heavy atom. The van der Waals surface area contributed by atoms with Gasteiger partial charge in [0.25, 0.3) is 0 Å². The van der Waals surface area contributed by atoms with Crippen molar-refractivity contribution in [1.29, 1.82) is 0 Å². The number of benzene rings is 1. The molecule has 0 saturated carbocycles. The maximum Gasteiger partial charge on any atom is 3.00 e. The second kappa shape index (κ2) is 20.3. The topological polar surface area (TPSA) is 120 Å². The zero-order valence-corrected chi connectivity index (χ0v) is 13.6. The Kier molecular flexibility index (Phi) is 26.5. The molecule has 0 saturated heterocycles. The average Bonchev–Trinajstić information content (AvgIpc) is 2.28. The summed E-state index contributed by atoms with van der Waals surface area (Å²) in [5.74, 6) is -3.25. The van der Waals surface area contributed by atoms with Crippen molar-refractivity contribution in [2.75, 3.05) is 0 Å². The molecule has 1 aromatic rings. The number of aliphatic carboxylic acids is 3. The Balaban J connectivity index is -0.0000000973. The van der Waals surface area contributed by atoms with Crippen molar-refractivity contribution >= 4 is 24.0 Å². The van der Waals surface area contributed by atoms with E-state index in [0.29, 0.717) is 0 Å². The number of hydrogen-bond donors (Lipinski definition) is 0. The van der Waals surface area contributed by atoms with Crippen LogP contribution in [0.15, 0.2) is 36.9 Å². The van der Waals surface area contributed by atoms with Gasteiger partial charge in [-0.2, -0.15) is 0 Å². The molecule has 0 spiro atoms. The van der Waals surface area contributed by atoms with E-state index in [9.17, 15) is 0 Å². The van der Waals surface area contributed by atoms with Gasteiger partial charge in [-0.1, -0.05) is 43.0 Å². The van der Waals surface area contributed by atoms with Crippen molar-refractivity contribution in [2.24, 2.45) is 0 Å². The molecule has 0 unspecified atom stereocenters. The number of carboxylic acid groups (broad SMARTS) is 3. The summed E-state index contributed by atoms with van der Waals surface area (Å²) in [7, 11) is 0. The van der Waals surface area contributed by atoms with E-state index >= 15 is 0 Å². The maximum atomic E-state index is 8.89. The summed E-state index contributed by atoms with van der Waals surface area (Å²) in [6.45, 7) is 6.55. The molecule has 0 bridgehead atoms. The summed E-state index contributed by atoms with van der Waals surface area (Å²) in [5.41, 5.74) is 1.17. The summed E-state index contributed by atoms with van der Waals surface area (Å²) in [5, 5.41) is 26.7. The third kappa shape index (κ3) is 72.0. The van der Waals surface area contributed by atoms with Crippen molar-refractivity contribution in [3.8, 4) is 0 Å². The standard InChI is InChI=1S/C8H8.3C2H4O2.Rh/c1-2-8-6-4-3-5-7-8;3*1-2(3)4;/h2-7H,1H2;3*1H3,(H,3,4);/q;;;;+3/p-3. The molecule has 0 N–H and O–H groups in total. The molecule has 0 atom stereocenters. The normalized spacial score (nSPS) is 6.81. The fraction of sp³-hybridized carbons (Fsp3) is 0.214. The van der Waals surface area contributed by atoms with E-state index in [4.69, 9.17) is 29.7 Å². The van der Waals surface area contributed by atoms with E-state index in [2.05, 4.69) is 6.58 Å². The quantitative estimate of drug-likeness (QED) is 0.549. The van der Waals surface area contributed by atoms with E-state index < -0.39 is 17.9 Å². The maximum absolute atomic E-state index is 8.89. The van der Waals surface area contributed by atoms with Crippen LogP contribution in [-0.2, 0) is 33.9 Å². The van der Waals surface area contributed by atoms with Crippen molar-refractivity contribution < 1.29 is 49.2 Å². The van der Waals surface area contributed by atoms with Crippen molar-refractivity contribution in [3.05, 3.63) is 42.5 Å². The zero-order chi connectivity index (χ0) is 16.6. The average molecular weight is 384 g/mol. The Hall–Kier alpha value is -2.01. The van der Waals surface area contributed by atoms with Gasteiger partial charge in [0.1, 0.15) is 0 Å². The third-order valence-electron chi connectivity index (χ3n) is 1.04. The second-order valence-electron chi connectivity index (χ2n) is 3.09. The molecule has 6 nitrogen and oxygen atoms in total. The van der Waals surface area contributed by atoms with Crippen LogP contribution in [0.5, 0.6) is 0 Å². The first-order valence-electron chi connectivity index (χ1n) is 5.33. The minimum absolute atomic E-state index is 0. The predicted molar refractivity (Wildman–Crippen MR) is 68.6 cm³/mol. The van der Waals surface area contributed by atoms with Gasteiger partial charge < -0.3 is 29.7 Å². The summed E-state index contributed by atoms with van der Waals surface area (Å²) in [4.78, 5) is 26.7. The van der Waals surface area contributed by atoms with Gasteiger partial charge in [-0.05, 0) is 26.3 Å². The predicted octanol–water partition coefficient (Wildman–Crippen LogP) is -1.40. The molecule has 0 heterocycles. The van der Waals surface area contributed by atoms with Crippen LogP contribution in [-0.4, -0.2) is 17.9 Å². The van der Waals surface area contributed by atoms with E-state index in [0.717, 1.165) is 20.8 Å². The Bertz CT molecular complexity index is 363. The summed E-state index contributed by atoms with van der Waals surface area (Å²) in [6, 6.07) is 10.0. The summed E-state index contributed by atoms with van der Waals surface area (Å²) < 4.78 is 0. The first-order chi connectivity index (χ1) is 9.13. The van der Waals surface area contributed by atoms with Crippen LogP contribution >= 0.6 is 0 Å². The van der Waals surface area contributed by atoms with Gasteiger partial charge in [-0.15, -0.1) is 0 Å². The molecule has 1 rings (SSSR count). The molecular formula is C14H17O6Rh. The van der Waals surface area contributed by atoms with Gasteiger partial charge in [0.15, 0.2) is 0 Å². The molecule has 0 radical (unpaired) electrons. The minimum Gasteiger partial charge on any atom is -0.550 e. The number of carboxylic acids is 3. The molecule has 0 fully saturated rings. The van der Waals surface area contributed by atoms with Crippen LogP contribution in [0.4, 0.5) is 0 Å². The smallest absolute Gasteiger partial charge is 0.550 e. The number of carbonyl (C=O) groups is 3. The van der Waals surface area contributed by atoms with Crippen LogP contribution in [0.3, 0.4) is 0 Å². The van der Waals surface area contributed by atoms with Crippen LogP contribution in [0.1, 0.15) is 26.3 Å². The number of hydrogen-bond acceptors (Lipinski definition) is 6. The molecular weight excluding hydrogens is 367 g/mol. The SMILES string of the molecule is C=Cc1ccccc1.CC(=O)[O-].CC(=O)[O-].CC(=O)[O-].[Rh+3]. The van der Waals surface area contributed by atoms with Gasteiger partial charge in [0.05, 0.1) is 0 Å². The molecule has 0 aromatic heterocycles. The van der Waals surface area contributed by atoms with Gasteiger partial charge >= 0.3 is 19.5 Å². The largest absolute Gasteiger partial charge is 3.00 e. The van der Waals surface area contributed by atoms with Gasteiger partial charge in [0, 0.05) is 17.9 Å². The van der Waals surface area contributed by atoms with Crippen molar-refractivity contribution in [2.45, 2.75) is 20.8 Å². The summed E-state index contributed by atoms with van der Waals surface area (Å²) in [6.07, 6.45) is 1.83. The first kappa shape index (κ1) is 27.4. The third-order valence-corrected chi connectivity index (χ3v) is 1.04. The molecule has 0 aliphatic heterocycles. The van der Waals surface area contributed by atoms with Crippen LogP contribution < -0.4 is 15.3 Å². The minimum atomic E-state index is -1.08. The van der Waals surface area contributed by atoms with Crippen LogP contribution in [0.25, 0.3) is 6.08 Å². The van der Waals surface area contributed by atoms with E-state index in [-0.39, 0.29) is 19.5 Å². The molecule has 7 heteroatoms. The molecule has 0 amide bonds. The van der Waals surface area contributed by atoms with Crippen LogP contribution in [0, 0.1) is 0 Å². The molecule has 0 aliphatic rings. The second-order valence-corrected chi connectivity index (χ2v) is 3.09. The van der Waals surface area contributed by atoms with E-state index in [1.165, 1.54) is 5.56 Å². The first-order valence-corrected chi connectivity index (χ1v) is 5.33. The molecule has 1 aromatic carbocycles. The molecule has 118 valence electrons. The van der Waals surface area contributed by atoms with Crippen molar-refractivity contribution in [1.82, 2.24) is 0 Å². The van der Waals surface area contributed by atoms with Crippen molar-refractivity contribution in [3.63, 3.8) is 0 Å². The fourth-order valence-electron chi connectivity index (χ4n) is 0.589. The molecule has 21 heavy (non-hydrogen) atoms. The Morgan fingerprint density at radius 2 is 1.10 bits per heavy atom. The van der Waals surface area contributed by atoms with Gasteiger partial charge in [0.2, 0.25) is 0 Å². The zero-order valence-electron chi connectivity index (χ0n) is 12.0. The summed E-state index contributed by atoms with van der Waals surface area (Å²) >= 11 is 0. The number of carbonyl (C=O) groups excluding carboxylic acids is 3. The van der Waals surface area contributed by atoms with Gasteiger partial charge in [-0.3, -0.25) is 0 Å². The van der Waals surface area contributed by atoms with Crippen LogP contribution in [0.2, 0.25) is 0 Å².